The monoisotopic (exact) mass is 359 g/mol. The molecule has 22 heavy (non-hydrogen) atoms. The van der Waals surface area contributed by atoms with Crippen LogP contribution < -0.4 is 10.1 Å². The van der Waals surface area contributed by atoms with E-state index < -0.39 is 6.09 Å². The first-order chi connectivity index (χ1) is 10.7. The van der Waals surface area contributed by atoms with E-state index in [1.807, 2.05) is 47.1 Å². The molecular weight excluding hydrogens is 346 g/mol. The lowest BCUT2D eigenvalue weighted by Crippen LogP contribution is -2.28. The van der Waals surface area contributed by atoms with E-state index in [4.69, 9.17) is 4.74 Å². The van der Waals surface area contributed by atoms with Crippen LogP contribution in [-0.2, 0) is 6.42 Å². The summed E-state index contributed by atoms with van der Waals surface area (Å²) in [7, 11) is 0. The number of hydrogen-bond donors (Lipinski definition) is 1. The van der Waals surface area contributed by atoms with Crippen molar-refractivity contribution in [2.75, 3.05) is 6.54 Å². The Kier molecular flexibility index (Phi) is 4.39. The quantitative estimate of drug-likeness (QED) is 0.776. The van der Waals surface area contributed by atoms with Crippen LogP contribution in [-0.4, -0.2) is 22.0 Å². The Morgan fingerprint density at radius 1 is 1.18 bits per heavy atom. The zero-order valence-corrected chi connectivity index (χ0v) is 13.3. The first-order valence-electron chi connectivity index (χ1n) is 6.84. The molecule has 0 spiro atoms. The van der Waals surface area contributed by atoms with E-state index in [9.17, 15) is 4.79 Å². The van der Waals surface area contributed by atoms with Gasteiger partial charge in [0.05, 0.1) is 5.69 Å². The van der Waals surface area contributed by atoms with Gasteiger partial charge in [0.15, 0.2) is 0 Å². The fourth-order valence-corrected chi connectivity index (χ4v) is 2.41. The fourth-order valence-electron chi connectivity index (χ4n) is 2.06. The molecule has 0 unspecified atom stereocenters. The fraction of sp³-hybridized carbons (Fsp3) is 0.125. The molecule has 1 N–H and O–H groups in total. The molecule has 0 bridgehead atoms. The van der Waals surface area contributed by atoms with Crippen LogP contribution >= 0.6 is 15.9 Å². The van der Waals surface area contributed by atoms with Gasteiger partial charge in [-0.3, -0.25) is 0 Å². The molecule has 0 saturated carbocycles. The molecule has 0 fully saturated rings. The second kappa shape index (κ2) is 6.62. The van der Waals surface area contributed by atoms with E-state index >= 15 is 0 Å². The van der Waals surface area contributed by atoms with Crippen LogP contribution in [0.4, 0.5) is 4.79 Å². The number of carbonyl (C=O) groups is 1. The largest absolute Gasteiger partial charge is 0.412 e. The van der Waals surface area contributed by atoms with E-state index in [1.54, 1.807) is 12.1 Å². The lowest BCUT2D eigenvalue weighted by molar-refractivity contribution is 0.200. The number of nitrogens with one attached hydrogen (secondary N) is 1. The van der Waals surface area contributed by atoms with Crippen LogP contribution in [0.1, 0.15) is 5.69 Å². The summed E-state index contributed by atoms with van der Waals surface area (Å²) < 4.78 is 8.09. The van der Waals surface area contributed by atoms with Gasteiger partial charge in [0.25, 0.3) is 0 Å². The van der Waals surface area contributed by atoms with Crippen LogP contribution in [0.3, 0.4) is 0 Å². The van der Waals surface area contributed by atoms with Crippen molar-refractivity contribution in [2.45, 2.75) is 6.42 Å². The average Bonchev–Trinajstić information content (AvgIpc) is 2.90. The molecule has 0 aliphatic heterocycles. The summed E-state index contributed by atoms with van der Waals surface area (Å²) in [5, 5.41) is 2.72. The summed E-state index contributed by atoms with van der Waals surface area (Å²) in [6.45, 7) is 0.469. The Balaban J connectivity index is 1.52. The van der Waals surface area contributed by atoms with Crippen molar-refractivity contribution in [2.24, 2.45) is 0 Å². The Labute approximate surface area is 136 Å². The van der Waals surface area contributed by atoms with Gasteiger partial charge in [0.2, 0.25) is 0 Å². The molecule has 0 atom stereocenters. The Bertz CT molecular complexity index is 786. The summed E-state index contributed by atoms with van der Waals surface area (Å²) >= 11 is 3.42. The molecule has 3 aromatic rings. The van der Waals surface area contributed by atoms with Crippen molar-refractivity contribution in [3.63, 3.8) is 0 Å². The standard InChI is InChI=1S/C16H14BrN3O2/c17-12-6-7-15-19-13(11-20(15)10-12)8-9-18-16(21)22-14-4-2-1-3-5-14/h1-7,10-11H,8-9H2,(H,18,21). The summed E-state index contributed by atoms with van der Waals surface area (Å²) in [4.78, 5) is 16.1. The normalized spacial score (nSPS) is 10.6. The number of fused-ring (bicyclic) bond motifs is 1. The highest BCUT2D eigenvalue weighted by atomic mass is 79.9. The highest BCUT2D eigenvalue weighted by Crippen LogP contribution is 2.12. The lowest BCUT2D eigenvalue weighted by atomic mass is 10.3. The molecule has 3 rings (SSSR count). The van der Waals surface area contributed by atoms with Crippen LogP contribution in [0.15, 0.2) is 59.3 Å². The lowest BCUT2D eigenvalue weighted by Gasteiger charge is -2.05. The topological polar surface area (TPSA) is 55.6 Å². The van der Waals surface area contributed by atoms with Crippen LogP contribution in [0, 0.1) is 0 Å². The second-order valence-corrected chi connectivity index (χ2v) is 5.64. The van der Waals surface area contributed by atoms with E-state index in [0.29, 0.717) is 18.7 Å². The Hall–Kier alpha value is -2.34. The van der Waals surface area contributed by atoms with Gasteiger partial charge in [0.1, 0.15) is 11.4 Å². The molecule has 5 nitrogen and oxygen atoms in total. The predicted molar refractivity (Wildman–Crippen MR) is 87.1 cm³/mol. The van der Waals surface area contributed by atoms with Gasteiger partial charge in [-0.05, 0) is 40.2 Å². The van der Waals surface area contributed by atoms with E-state index in [2.05, 4.69) is 26.2 Å². The Morgan fingerprint density at radius 3 is 2.82 bits per heavy atom. The van der Waals surface area contributed by atoms with Crippen molar-refractivity contribution in [3.8, 4) is 5.75 Å². The van der Waals surface area contributed by atoms with Crippen LogP contribution in [0.5, 0.6) is 5.75 Å². The van der Waals surface area contributed by atoms with Crippen molar-refractivity contribution in [3.05, 3.63) is 65.0 Å². The minimum absolute atomic E-state index is 0.460. The number of carbonyl (C=O) groups excluding carboxylic acids is 1. The molecule has 6 heteroatoms. The number of aromatic nitrogens is 2. The molecule has 0 saturated heterocycles. The number of hydrogen-bond acceptors (Lipinski definition) is 3. The number of benzene rings is 1. The second-order valence-electron chi connectivity index (χ2n) is 4.72. The van der Waals surface area contributed by atoms with Gasteiger partial charge in [0, 0.05) is 29.8 Å². The van der Waals surface area contributed by atoms with Crippen LogP contribution in [0.25, 0.3) is 5.65 Å². The molecular formula is C16H14BrN3O2. The molecule has 1 amide bonds. The molecule has 0 radical (unpaired) electrons. The summed E-state index contributed by atoms with van der Waals surface area (Å²) in [6.07, 6.45) is 4.08. The van der Waals surface area contributed by atoms with Crippen molar-refractivity contribution >= 4 is 27.7 Å². The number of ether oxygens (including phenoxy) is 1. The first kappa shape index (κ1) is 14.6. The maximum Gasteiger partial charge on any atom is 0.412 e. The highest BCUT2D eigenvalue weighted by molar-refractivity contribution is 9.10. The summed E-state index contributed by atoms with van der Waals surface area (Å²) in [5.74, 6) is 0.526. The predicted octanol–water partition coefficient (Wildman–Crippen LogP) is 3.43. The van der Waals surface area contributed by atoms with Crippen LogP contribution in [0.2, 0.25) is 0 Å². The maximum absolute atomic E-state index is 11.7. The number of pyridine rings is 1. The number of nitrogens with zero attached hydrogens (tertiary/aromatic N) is 2. The molecule has 0 aliphatic rings. The highest BCUT2D eigenvalue weighted by Gasteiger charge is 2.05. The van der Waals surface area contributed by atoms with Gasteiger partial charge >= 0.3 is 6.09 Å². The minimum Gasteiger partial charge on any atom is -0.410 e. The number of rotatable bonds is 4. The maximum atomic E-state index is 11.7. The third-order valence-corrected chi connectivity index (χ3v) is 3.54. The average molecular weight is 360 g/mol. The third kappa shape index (κ3) is 3.65. The van der Waals surface area contributed by atoms with Gasteiger partial charge in [-0.15, -0.1) is 0 Å². The number of imidazole rings is 1. The molecule has 2 aromatic heterocycles. The Morgan fingerprint density at radius 2 is 2.00 bits per heavy atom. The number of para-hydroxylation sites is 1. The number of amides is 1. The zero-order valence-electron chi connectivity index (χ0n) is 11.7. The van der Waals surface area contributed by atoms with Gasteiger partial charge < -0.3 is 14.5 Å². The number of halogens is 1. The van der Waals surface area contributed by atoms with Gasteiger partial charge in [-0.1, -0.05) is 18.2 Å². The van der Waals surface area contributed by atoms with Gasteiger partial charge in [-0.2, -0.15) is 0 Å². The van der Waals surface area contributed by atoms with E-state index in [0.717, 1.165) is 15.8 Å². The molecule has 112 valence electrons. The molecule has 1 aromatic carbocycles. The first-order valence-corrected chi connectivity index (χ1v) is 7.64. The van der Waals surface area contributed by atoms with Crippen molar-refractivity contribution < 1.29 is 9.53 Å². The smallest absolute Gasteiger partial charge is 0.410 e. The summed E-state index contributed by atoms with van der Waals surface area (Å²) in [5.41, 5.74) is 1.79. The van der Waals surface area contributed by atoms with Gasteiger partial charge in [-0.25, -0.2) is 9.78 Å². The zero-order chi connectivity index (χ0) is 15.4. The minimum atomic E-state index is -0.460. The SMILES string of the molecule is O=C(NCCc1cn2cc(Br)ccc2n1)Oc1ccccc1. The molecule has 0 aliphatic carbocycles. The van der Waals surface area contributed by atoms with Crippen molar-refractivity contribution in [1.82, 2.24) is 14.7 Å². The summed E-state index contributed by atoms with van der Waals surface area (Å²) in [6, 6.07) is 12.9. The van der Waals surface area contributed by atoms with Crippen molar-refractivity contribution in [1.29, 1.82) is 0 Å². The van der Waals surface area contributed by atoms with E-state index in [-0.39, 0.29) is 0 Å². The third-order valence-electron chi connectivity index (χ3n) is 3.07. The van der Waals surface area contributed by atoms with E-state index in [1.165, 1.54) is 0 Å². The molecule has 2 heterocycles.